The minimum atomic E-state index is -0.341. The molecule has 2 aromatic carbocycles. The lowest BCUT2D eigenvalue weighted by Gasteiger charge is -2.13. The van der Waals surface area contributed by atoms with E-state index in [0.29, 0.717) is 22.0 Å². The van der Waals surface area contributed by atoms with Gasteiger partial charge >= 0.3 is 0 Å². The summed E-state index contributed by atoms with van der Waals surface area (Å²) >= 11 is 3.14. The standard InChI is InChI=1S/C19H20BrFN2O/c1-12-9-19(24-15-6-7-16(20)17(21)10-15)13(2)8-18(12)22-11-23(3)14-4-5-14/h6-11,14H,4-5H2,1-3H3. The molecule has 0 heterocycles. The number of halogens is 2. The van der Waals surface area contributed by atoms with Crippen LogP contribution in [0.3, 0.4) is 0 Å². The van der Waals surface area contributed by atoms with Crippen LogP contribution in [-0.2, 0) is 0 Å². The molecule has 3 nitrogen and oxygen atoms in total. The largest absolute Gasteiger partial charge is 0.457 e. The first-order valence-electron chi connectivity index (χ1n) is 7.94. The molecular weight excluding hydrogens is 371 g/mol. The Morgan fingerprint density at radius 3 is 2.62 bits per heavy atom. The number of hydrogen-bond acceptors (Lipinski definition) is 2. The van der Waals surface area contributed by atoms with Gasteiger partial charge in [0.1, 0.15) is 17.3 Å². The highest BCUT2D eigenvalue weighted by molar-refractivity contribution is 9.10. The minimum absolute atomic E-state index is 0.341. The second-order valence-electron chi connectivity index (χ2n) is 6.22. The first-order valence-corrected chi connectivity index (χ1v) is 8.73. The van der Waals surface area contributed by atoms with Crippen molar-refractivity contribution in [3.8, 4) is 11.5 Å². The molecule has 1 saturated carbocycles. The SMILES string of the molecule is Cc1cc(Oc2ccc(Br)c(F)c2)c(C)cc1N=CN(C)C1CC1. The van der Waals surface area contributed by atoms with Gasteiger partial charge in [0, 0.05) is 19.2 Å². The van der Waals surface area contributed by atoms with Crippen molar-refractivity contribution in [1.82, 2.24) is 4.90 Å². The first kappa shape index (κ1) is 17.0. The highest BCUT2D eigenvalue weighted by Gasteiger charge is 2.24. The van der Waals surface area contributed by atoms with E-state index in [2.05, 4.69) is 32.9 Å². The second kappa shape index (κ2) is 6.93. The second-order valence-corrected chi connectivity index (χ2v) is 7.08. The summed E-state index contributed by atoms with van der Waals surface area (Å²) in [5, 5.41) is 0. The third-order valence-corrected chi connectivity index (χ3v) is 4.76. The molecule has 0 unspecified atom stereocenters. The molecule has 0 aliphatic heterocycles. The highest BCUT2D eigenvalue weighted by atomic mass is 79.9. The van der Waals surface area contributed by atoms with Gasteiger partial charge in [-0.25, -0.2) is 9.38 Å². The number of benzene rings is 2. The number of rotatable bonds is 5. The van der Waals surface area contributed by atoms with Gasteiger partial charge in [0.2, 0.25) is 0 Å². The van der Waals surface area contributed by atoms with Crippen LogP contribution in [0.2, 0.25) is 0 Å². The number of hydrogen-bond donors (Lipinski definition) is 0. The fraction of sp³-hybridized carbons (Fsp3) is 0.316. The van der Waals surface area contributed by atoms with Crippen LogP contribution >= 0.6 is 15.9 Å². The quantitative estimate of drug-likeness (QED) is 0.479. The zero-order valence-corrected chi connectivity index (χ0v) is 15.6. The molecule has 0 radical (unpaired) electrons. The number of aryl methyl sites for hydroxylation is 2. The van der Waals surface area contributed by atoms with Gasteiger partial charge in [0.05, 0.1) is 16.5 Å². The maximum absolute atomic E-state index is 13.6. The molecule has 0 atom stereocenters. The lowest BCUT2D eigenvalue weighted by Crippen LogP contribution is -2.17. The van der Waals surface area contributed by atoms with Gasteiger partial charge in [0.15, 0.2) is 0 Å². The average Bonchev–Trinajstić information content (AvgIpc) is 3.37. The van der Waals surface area contributed by atoms with Crippen LogP contribution in [0.25, 0.3) is 0 Å². The van der Waals surface area contributed by atoms with Gasteiger partial charge in [-0.2, -0.15) is 0 Å². The molecule has 0 aromatic heterocycles. The van der Waals surface area contributed by atoms with Gasteiger partial charge < -0.3 is 9.64 Å². The summed E-state index contributed by atoms with van der Waals surface area (Å²) in [6, 6.07) is 9.33. The van der Waals surface area contributed by atoms with Gasteiger partial charge in [0.25, 0.3) is 0 Å². The van der Waals surface area contributed by atoms with E-state index in [0.717, 1.165) is 16.8 Å². The van der Waals surface area contributed by atoms with Crippen molar-refractivity contribution in [3.05, 3.63) is 51.7 Å². The summed E-state index contributed by atoms with van der Waals surface area (Å²) in [7, 11) is 2.06. The Balaban J connectivity index is 1.79. The molecule has 0 bridgehead atoms. The molecule has 0 N–H and O–H groups in total. The maximum atomic E-state index is 13.6. The van der Waals surface area contributed by atoms with Crippen LogP contribution < -0.4 is 4.74 Å². The van der Waals surface area contributed by atoms with Crippen molar-refractivity contribution in [3.63, 3.8) is 0 Å². The van der Waals surface area contributed by atoms with Crippen LogP contribution in [0.15, 0.2) is 39.8 Å². The maximum Gasteiger partial charge on any atom is 0.141 e. The zero-order valence-electron chi connectivity index (χ0n) is 14.0. The Kier molecular flexibility index (Phi) is 4.90. The fourth-order valence-corrected chi connectivity index (χ4v) is 2.67. The van der Waals surface area contributed by atoms with E-state index in [9.17, 15) is 4.39 Å². The molecule has 24 heavy (non-hydrogen) atoms. The zero-order chi connectivity index (χ0) is 17.3. The summed E-state index contributed by atoms with van der Waals surface area (Å²) in [6.45, 7) is 3.96. The average molecular weight is 391 g/mol. The van der Waals surface area contributed by atoms with Crippen molar-refractivity contribution >= 4 is 28.0 Å². The van der Waals surface area contributed by atoms with Crippen molar-refractivity contribution in [2.24, 2.45) is 4.99 Å². The van der Waals surface area contributed by atoms with Crippen molar-refractivity contribution in [2.75, 3.05) is 7.05 Å². The van der Waals surface area contributed by atoms with E-state index in [1.165, 1.54) is 18.9 Å². The smallest absolute Gasteiger partial charge is 0.141 e. The van der Waals surface area contributed by atoms with Crippen LogP contribution in [-0.4, -0.2) is 24.3 Å². The van der Waals surface area contributed by atoms with Crippen LogP contribution in [0, 0.1) is 19.7 Å². The minimum Gasteiger partial charge on any atom is -0.457 e. The topological polar surface area (TPSA) is 24.8 Å². The van der Waals surface area contributed by atoms with Gasteiger partial charge in [-0.1, -0.05) is 0 Å². The normalized spacial score (nSPS) is 14.2. The Labute approximate surface area is 150 Å². The first-order chi connectivity index (χ1) is 11.4. The van der Waals surface area contributed by atoms with Gasteiger partial charge in [-0.05, 0) is 78.0 Å². The lowest BCUT2D eigenvalue weighted by atomic mass is 10.1. The Morgan fingerprint density at radius 1 is 1.21 bits per heavy atom. The predicted molar refractivity (Wildman–Crippen MR) is 99.0 cm³/mol. The Morgan fingerprint density at radius 2 is 1.96 bits per heavy atom. The van der Waals surface area contributed by atoms with E-state index >= 15 is 0 Å². The number of nitrogens with zero attached hydrogens (tertiary/aromatic N) is 2. The Bertz CT molecular complexity index is 787. The monoisotopic (exact) mass is 390 g/mol. The molecule has 2 aromatic rings. The molecule has 1 fully saturated rings. The van der Waals surface area contributed by atoms with Crippen molar-refractivity contribution < 1.29 is 9.13 Å². The van der Waals surface area contributed by atoms with Crippen LogP contribution in [0.1, 0.15) is 24.0 Å². The molecule has 0 spiro atoms. The molecule has 5 heteroatoms. The van der Waals surface area contributed by atoms with Crippen molar-refractivity contribution in [1.29, 1.82) is 0 Å². The summed E-state index contributed by atoms with van der Waals surface area (Å²) in [6.07, 6.45) is 4.39. The molecule has 126 valence electrons. The fourth-order valence-electron chi connectivity index (χ4n) is 2.42. The van der Waals surface area contributed by atoms with E-state index in [-0.39, 0.29) is 5.82 Å². The predicted octanol–water partition coefficient (Wildman–Crippen LogP) is 5.75. The molecular formula is C19H20BrFN2O. The van der Waals surface area contributed by atoms with Crippen LogP contribution in [0.5, 0.6) is 11.5 Å². The van der Waals surface area contributed by atoms with Gasteiger partial charge in [-0.3, -0.25) is 0 Å². The number of aliphatic imine (C=N–C) groups is 1. The van der Waals surface area contributed by atoms with E-state index < -0.39 is 0 Å². The lowest BCUT2D eigenvalue weighted by molar-refractivity contribution is 0.472. The highest BCUT2D eigenvalue weighted by Crippen LogP contribution is 2.33. The van der Waals surface area contributed by atoms with Gasteiger partial charge in [-0.15, -0.1) is 0 Å². The molecule has 3 rings (SSSR count). The third-order valence-electron chi connectivity index (χ3n) is 4.11. The summed E-state index contributed by atoms with van der Waals surface area (Å²) in [5.41, 5.74) is 2.91. The molecule has 1 aliphatic rings. The Hall–Kier alpha value is -1.88. The van der Waals surface area contributed by atoms with E-state index in [1.807, 2.05) is 32.3 Å². The summed E-state index contributed by atoms with van der Waals surface area (Å²) in [5.74, 6) is 0.845. The van der Waals surface area contributed by atoms with Crippen LogP contribution in [0.4, 0.5) is 10.1 Å². The summed E-state index contributed by atoms with van der Waals surface area (Å²) < 4.78 is 19.9. The summed E-state index contributed by atoms with van der Waals surface area (Å²) in [4.78, 5) is 6.74. The number of ether oxygens (including phenoxy) is 1. The molecule has 1 aliphatic carbocycles. The van der Waals surface area contributed by atoms with Crippen molar-refractivity contribution in [2.45, 2.75) is 32.7 Å². The molecule has 0 saturated heterocycles. The van der Waals surface area contributed by atoms with E-state index in [1.54, 1.807) is 12.1 Å². The third kappa shape index (κ3) is 3.96. The molecule has 0 amide bonds. The van der Waals surface area contributed by atoms with E-state index in [4.69, 9.17) is 4.74 Å².